The third kappa shape index (κ3) is 3.69. The summed E-state index contributed by atoms with van der Waals surface area (Å²) in [7, 11) is 1.66. The van der Waals surface area contributed by atoms with Gasteiger partial charge >= 0.3 is 6.03 Å². The Labute approximate surface area is 142 Å². The Balaban J connectivity index is 1.64. The molecule has 0 saturated carbocycles. The van der Waals surface area contributed by atoms with E-state index < -0.39 is 0 Å². The molecule has 6 nitrogen and oxygen atoms in total. The summed E-state index contributed by atoms with van der Waals surface area (Å²) in [4.78, 5) is 18.6. The summed E-state index contributed by atoms with van der Waals surface area (Å²) in [6.07, 6.45) is 7.41. The lowest BCUT2D eigenvalue weighted by Gasteiger charge is -2.27. The quantitative estimate of drug-likeness (QED) is 0.918. The van der Waals surface area contributed by atoms with E-state index >= 15 is 0 Å². The van der Waals surface area contributed by atoms with Crippen LogP contribution in [0.25, 0.3) is 0 Å². The second-order valence-corrected chi connectivity index (χ2v) is 6.24. The average Bonchev–Trinajstić information content (AvgIpc) is 3.26. The van der Waals surface area contributed by atoms with Crippen molar-refractivity contribution in [2.45, 2.75) is 38.4 Å². The van der Waals surface area contributed by atoms with Crippen LogP contribution in [0.15, 0.2) is 43.0 Å². The molecule has 0 spiro atoms. The van der Waals surface area contributed by atoms with Crippen molar-refractivity contribution in [1.29, 1.82) is 0 Å². The van der Waals surface area contributed by atoms with Crippen LogP contribution in [0.3, 0.4) is 0 Å². The fourth-order valence-electron chi connectivity index (χ4n) is 3.26. The Morgan fingerprint density at radius 1 is 1.50 bits per heavy atom. The van der Waals surface area contributed by atoms with Gasteiger partial charge in [-0.05, 0) is 37.5 Å². The molecular formula is C18H24N4O2. The van der Waals surface area contributed by atoms with Crippen molar-refractivity contribution in [3.63, 3.8) is 0 Å². The molecule has 1 N–H and O–H groups in total. The Bertz CT molecular complexity index is 671. The van der Waals surface area contributed by atoms with Crippen LogP contribution in [-0.4, -0.2) is 40.2 Å². The van der Waals surface area contributed by atoms with Crippen molar-refractivity contribution in [2.75, 3.05) is 13.7 Å². The molecule has 0 aliphatic carbocycles. The molecule has 6 heteroatoms. The molecule has 1 aromatic heterocycles. The van der Waals surface area contributed by atoms with Gasteiger partial charge in [-0.25, -0.2) is 9.78 Å². The van der Waals surface area contributed by atoms with Gasteiger partial charge in [0.05, 0.1) is 19.5 Å². The second-order valence-electron chi connectivity index (χ2n) is 6.24. The number of benzene rings is 1. The van der Waals surface area contributed by atoms with Crippen LogP contribution in [-0.2, 0) is 6.54 Å². The Morgan fingerprint density at radius 3 is 3.12 bits per heavy atom. The summed E-state index contributed by atoms with van der Waals surface area (Å²) in [6.45, 7) is 3.50. The standard InChI is InChI=1S/C18H24N4O2/c1-14(12-21-10-8-19-13-21)20-18(23)22-9-4-7-17(22)15-5-3-6-16(11-15)24-2/h3,5-6,8,10-11,13-14,17H,4,7,9,12H2,1-2H3,(H,20,23)/t14-,17-/m0/s1. The lowest BCUT2D eigenvalue weighted by Crippen LogP contribution is -2.44. The number of imidazole rings is 1. The number of rotatable bonds is 5. The molecule has 24 heavy (non-hydrogen) atoms. The number of methoxy groups -OCH3 is 1. The van der Waals surface area contributed by atoms with E-state index in [9.17, 15) is 4.79 Å². The highest BCUT2D eigenvalue weighted by Crippen LogP contribution is 2.33. The van der Waals surface area contributed by atoms with Crippen molar-refractivity contribution in [1.82, 2.24) is 19.8 Å². The molecule has 2 heterocycles. The molecule has 1 aliphatic rings. The van der Waals surface area contributed by atoms with Crippen LogP contribution in [0.5, 0.6) is 5.75 Å². The molecule has 0 unspecified atom stereocenters. The van der Waals surface area contributed by atoms with Gasteiger partial charge < -0.3 is 19.5 Å². The summed E-state index contributed by atoms with van der Waals surface area (Å²) in [6, 6.07) is 8.13. The van der Waals surface area contributed by atoms with Crippen molar-refractivity contribution < 1.29 is 9.53 Å². The average molecular weight is 328 g/mol. The summed E-state index contributed by atoms with van der Waals surface area (Å²) >= 11 is 0. The van der Waals surface area contributed by atoms with Gasteiger partial charge in [0, 0.05) is 31.5 Å². The lowest BCUT2D eigenvalue weighted by molar-refractivity contribution is 0.188. The summed E-state index contributed by atoms with van der Waals surface area (Å²) < 4.78 is 7.27. The lowest BCUT2D eigenvalue weighted by atomic mass is 10.0. The summed E-state index contributed by atoms with van der Waals surface area (Å²) in [5.74, 6) is 0.827. The van der Waals surface area contributed by atoms with Gasteiger partial charge in [-0.15, -0.1) is 0 Å². The van der Waals surface area contributed by atoms with Gasteiger partial charge in [-0.1, -0.05) is 12.1 Å². The zero-order valence-electron chi connectivity index (χ0n) is 14.2. The molecule has 3 rings (SSSR count). The van der Waals surface area contributed by atoms with E-state index in [0.29, 0.717) is 6.54 Å². The molecular weight excluding hydrogens is 304 g/mol. The highest BCUT2D eigenvalue weighted by molar-refractivity contribution is 5.75. The number of carbonyl (C=O) groups excluding carboxylic acids is 1. The zero-order valence-corrected chi connectivity index (χ0v) is 14.2. The largest absolute Gasteiger partial charge is 0.497 e. The monoisotopic (exact) mass is 328 g/mol. The fourth-order valence-corrected chi connectivity index (χ4v) is 3.26. The number of carbonyl (C=O) groups is 1. The van der Waals surface area contributed by atoms with E-state index in [1.165, 1.54) is 0 Å². The number of hydrogen-bond acceptors (Lipinski definition) is 3. The number of nitrogens with zero attached hydrogens (tertiary/aromatic N) is 3. The Morgan fingerprint density at radius 2 is 2.38 bits per heavy atom. The minimum Gasteiger partial charge on any atom is -0.497 e. The number of hydrogen-bond donors (Lipinski definition) is 1. The second kappa shape index (κ2) is 7.38. The molecule has 1 aliphatic heterocycles. The number of ether oxygens (including phenoxy) is 1. The third-order valence-electron chi connectivity index (χ3n) is 4.41. The third-order valence-corrected chi connectivity index (χ3v) is 4.41. The normalized spacial score (nSPS) is 18.4. The predicted octanol–water partition coefficient (Wildman–Crippen LogP) is 2.83. The van der Waals surface area contributed by atoms with Crippen molar-refractivity contribution in [3.05, 3.63) is 48.5 Å². The predicted molar refractivity (Wildman–Crippen MR) is 91.9 cm³/mol. The van der Waals surface area contributed by atoms with Crippen molar-refractivity contribution >= 4 is 6.03 Å². The maximum Gasteiger partial charge on any atom is 0.318 e. The zero-order chi connectivity index (χ0) is 16.9. The molecule has 2 aromatic rings. The maximum absolute atomic E-state index is 12.7. The van der Waals surface area contributed by atoms with E-state index in [4.69, 9.17) is 4.74 Å². The smallest absolute Gasteiger partial charge is 0.318 e. The van der Waals surface area contributed by atoms with Gasteiger partial charge in [-0.3, -0.25) is 0 Å². The van der Waals surface area contributed by atoms with E-state index in [1.54, 1.807) is 19.6 Å². The van der Waals surface area contributed by atoms with Gasteiger partial charge in [-0.2, -0.15) is 0 Å². The summed E-state index contributed by atoms with van der Waals surface area (Å²) in [5.41, 5.74) is 1.13. The molecule has 128 valence electrons. The summed E-state index contributed by atoms with van der Waals surface area (Å²) in [5, 5.41) is 3.10. The van der Waals surface area contributed by atoms with Crippen LogP contribution < -0.4 is 10.1 Å². The molecule has 0 bridgehead atoms. The maximum atomic E-state index is 12.7. The molecule has 1 fully saturated rings. The Hall–Kier alpha value is -2.50. The van der Waals surface area contributed by atoms with Crippen LogP contribution in [0, 0.1) is 0 Å². The van der Waals surface area contributed by atoms with Gasteiger partial charge in [0.2, 0.25) is 0 Å². The molecule has 2 amide bonds. The van der Waals surface area contributed by atoms with Crippen LogP contribution in [0.4, 0.5) is 4.79 Å². The van der Waals surface area contributed by atoms with E-state index in [0.717, 1.165) is 30.7 Å². The van der Waals surface area contributed by atoms with Gasteiger partial charge in [0.15, 0.2) is 0 Å². The van der Waals surface area contributed by atoms with E-state index in [2.05, 4.69) is 16.4 Å². The highest BCUT2D eigenvalue weighted by atomic mass is 16.5. The van der Waals surface area contributed by atoms with Crippen LogP contribution in [0.1, 0.15) is 31.4 Å². The van der Waals surface area contributed by atoms with Crippen molar-refractivity contribution in [2.24, 2.45) is 0 Å². The number of urea groups is 1. The Kier molecular flexibility index (Phi) is 5.03. The number of aromatic nitrogens is 2. The SMILES string of the molecule is COc1cccc([C@@H]2CCCN2C(=O)N[C@@H](C)Cn2ccnc2)c1. The number of likely N-dealkylation sites (tertiary alicyclic amines) is 1. The van der Waals surface area contributed by atoms with Gasteiger partial charge in [0.25, 0.3) is 0 Å². The topological polar surface area (TPSA) is 59.4 Å². The fraction of sp³-hybridized carbons (Fsp3) is 0.444. The van der Waals surface area contributed by atoms with Crippen molar-refractivity contribution in [3.8, 4) is 5.75 Å². The molecule has 1 aromatic carbocycles. The highest BCUT2D eigenvalue weighted by Gasteiger charge is 2.30. The first kappa shape index (κ1) is 16.4. The molecule has 0 radical (unpaired) electrons. The number of nitrogens with one attached hydrogen (secondary N) is 1. The van der Waals surface area contributed by atoms with E-state index in [1.807, 2.05) is 40.8 Å². The van der Waals surface area contributed by atoms with Gasteiger partial charge in [0.1, 0.15) is 5.75 Å². The molecule has 2 atom stereocenters. The number of amides is 2. The van der Waals surface area contributed by atoms with E-state index in [-0.39, 0.29) is 18.1 Å². The molecule has 1 saturated heterocycles. The first-order valence-corrected chi connectivity index (χ1v) is 8.34. The van der Waals surface area contributed by atoms with Crippen LogP contribution >= 0.6 is 0 Å². The minimum atomic E-state index is -0.00654. The first-order chi connectivity index (χ1) is 11.7. The minimum absolute atomic E-state index is 0.00654. The van der Waals surface area contributed by atoms with Crippen LogP contribution in [0.2, 0.25) is 0 Å². The first-order valence-electron chi connectivity index (χ1n) is 8.34.